The fourth-order valence-electron chi connectivity index (χ4n) is 2.78. The molecule has 0 aromatic heterocycles. The van der Waals surface area contributed by atoms with Gasteiger partial charge in [0.1, 0.15) is 5.75 Å². The van der Waals surface area contributed by atoms with E-state index in [1.54, 1.807) is 0 Å². The van der Waals surface area contributed by atoms with Gasteiger partial charge < -0.3 is 10.1 Å². The number of hydrogen-bond donors (Lipinski definition) is 1. The number of anilines is 1. The lowest BCUT2D eigenvalue weighted by Gasteiger charge is -2.39. The monoisotopic (exact) mass is 247 g/mol. The molecule has 0 saturated heterocycles. The molecule has 1 aromatic rings. The quantitative estimate of drug-likeness (QED) is 0.847. The molecule has 0 bridgehead atoms. The molecule has 1 aliphatic rings. The Morgan fingerprint density at radius 3 is 2.56 bits per heavy atom. The maximum atomic E-state index is 5.46. The number of rotatable bonds is 4. The molecule has 0 aliphatic heterocycles. The second-order valence-corrected chi connectivity index (χ2v) is 5.89. The molecule has 1 fully saturated rings. The van der Waals surface area contributed by atoms with Crippen molar-refractivity contribution in [2.75, 3.05) is 11.9 Å². The van der Waals surface area contributed by atoms with Crippen molar-refractivity contribution in [1.29, 1.82) is 0 Å². The van der Waals surface area contributed by atoms with Crippen LogP contribution in [0.15, 0.2) is 24.3 Å². The second-order valence-electron chi connectivity index (χ2n) is 5.89. The Bertz CT molecular complexity index is 369. The summed E-state index contributed by atoms with van der Waals surface area (Å²) in [5.41, 5.74) is 1.61. The van der Waals surface area contributed by atoms with Gasteiger partial charge in [0.05, 0.1) is 6.61 Å². The van der Waals surface area contributed by atoms with E-state index in [9.17, 15) is 0 Å². The van der Waals surface area contributed by atoms with Gasteiger partial charge in [0.2, 0.25) is 0 Å². The molecule has 1 atom stereocenters. The molecule has 0 heterocycles. The number of ether oxygens (including phenoxy) is 1. The highest BCUT2D eigenvalue weighted by Gasteiger charge is 2.31. The van der Waals surface area contributed by atoms with Crippen LogP contribution in [0.3, 0.4) is 0 Å². The van der Waals surface area contributed by atoms with Crippen LogP contribution in [0, 0.1) is 5.41 Å². The molecular weight excluding hydrogens is 222 g/mol. The van der Waals surface area contributed by atoms with Gasteiger partial charge in [-0.1, -0.05) is 26.7 Å². The third-order valence-corrected chi connectivity index (χ3v) is 4.01. The first-order valence-electron chi connectivity index (χ1n) is 7.11. The SMILES string of the molecule is CCOc1ccc(NC2CCCCC2(C)C)cc1. The third-order valence-electron chi connectivity index (χ3n) is 4.01. The van der Waals surface area contributed by atoms with Gasteiger partial charge in [-0.15, -0.1) is 0 Å². The molecule has 2 heteroatoms. The van der Waals surface area contributed by atoms with Gasteiger partial charge in [-0.3, -0.25) is 0 Å². The highest BCUT2D eigenvalue weighted by molar-refractivity contribution is 5.47. The first-order valence-corrected chi connectivity index (χ1v) is 7.11. The van der Waals surface area contributed by atoms with Crippen LogP contribution in [0.4, 0.5) is 5.69 Å². The molecule has 1 aliphatic carbocycles. The summed E-state index contributed by atoms with van der Waals surface area (Å²) in [5.74, 6) is 0.950. The molecule has 0 amide bonds. The Hall–Kier alpha value is -1.18. The fourth-order valence-corrected chi connectivity index (χ4v) is 2.78. The van der Waals surface area contributed by atoms with Crippen molar-refractivity contribution in [1.82, 2.24) is 0 Å². The number of nitrogens with one attached hydrogen (secondary N) is 1. The summed E-state index contributed by atoms with van der Waals surface area (Å²) >= 11 is 0. The van der Waals surface area contributed by atoms with Gasteiger partial charge in [-0.05, 0) is 49.4 Å². The van der Waals surface area contributed by atoms with Gasteiger partial charge >= 0.3 is 0 Å². The Labute approximate surface area is 111 Å². The molecule has 2 rings (SSSR count). The summed E-state index contributed by atoms with van der Waals surface area (Å²) in [4.78, 5) is 0. The van der Waals surface area contributed by atoms with E-state index in [0.717, 1.165) is 12.4 Å². The van der Waals surface area contributed by atoms with Gasteiger partial charge in [-0.2, -0.15) is 0 Å². The Kier molecular flexibility index (Phi) is 4.15. The van der Waals surface area contributed by atoms with Gasteiger partial charge in [0, 0.05) is 11.7 Å². The van der Waals surface area contributed by atoms with Crippen LogP contribution in [0.2, 0.25) is 0 Å². The van der Waals surface area contributed by atoms with E-state index in [1.807, 2.05) is 19.1 Å². The van der Waals surface area contributed by atoms with Crippen LogP contribution in [-0.2, 0) is 0 Å². The van der Waals surface area contributed by atoms with Crippen LogP contribution in [0.5, 0.6) is 5.75 Å². The molecule has 0 radical (unpaired) electrons. The molecule has 1 unspecified atom stereocenters. The van der Waals surface area contributed by atoms with Crippen molar-refractivity contribution >= 4 is 5.69 Å². The first-order chi connectivity index (χ1) is 8.62. The van der Waals surface area contributed by atoms with E-state index in [1.165, 1.54) is 31.4 Å². The minimum atomic E-state index is 0.400. The first kappa shape index (κ1) is 13.3. The topological polar surface area (TPSA) is 21.3 Å². The smallest absolute Gasteiger partial charge is 0.119 e. The third kappa shape index (κ3) is 3.18. The zero-order chi connectivity index (χ0) is 13.0. The van der Waals surface area contributed by atoms with Gasteiger partial charge in [0.15, 0.2) is 0 Å². The lowest BCUT2D eigenvalue weighted by molar-refractivity contribution is 0.217. The van der Waals surface area contributed by atoms with Crippen molar-refractivity contribution in [2.24, 2.45) is 5.41 Å². The van der Waals surface area contributed by atoms with E-state index in [2.05, 4.69) is 31.3 Å². The Morgan fingerprint density at radius 1 is 1.22 bits per heavy atom. The van der Waals surface area contributed by atoms with Crippen molar-refractivity contribution in [3.8, 4) is 5.75 Å². The van der Waals surface area contributed by atoms with Crippen LogP contribution in [0.25, 0.3) is 0 Å². The normalized spacial score (nSPS) is 22.5. The van der Waals surface area contributed by atoms with Crippen LogP contribution < -0.4 is 10.1 Å². The summed E-state index contributed by atoms with van der Waals surface area (Å²) in [6.45, 7) is 7.48. The molecule has 0 spiro atoms. The Morgan fingerprint density at radius 2 is 1.94 bits per heavy atom. The predicted octanol–water partition coefficient (Wildman–Crippen LogP) is 4.47. The molecule has 2 nitrogen and oxygen atoms in total. The Balaban J connectivity index is 1.99. The second kappa shape index (κ2) is 5.64. The van der Waals surface area contributed by atoms with E-state index in [4.69, 9.17) is 4.74 Å². The number of benzene rings is 1. The maximum absolute atomic E-state index is 5.46. The maximum Gasteiger partial charge on any atom is 0.119 e. The van der Waals surface area contributed by atoms with Crippen molar-refractivity contribution < 1.29 is 4.74 Å². The van der Waals surface area contributed by atoms with E-state index >= 15 is 0 Å². The molecule has 100 valence electrons. The van der Waals surface area contributed by atoms with E-state index < -0.39 is 0 Å². The average Bonchev–Trinajstić information content (AvgIpc) is 2.34. The molecule has 1 aromatic carbocycles. The lowest BCUT2D eigenvalue weighted by Crippen LogP contribution is -2.38. The summed E-state index contributed by atoms with van der Waals surface area (Å²) in [6, 6.07) is 8.92. The number of hydrogen-bond acceptors (Lipinski definition) is 2. The van der Waals surface area contributed by atoms with Crippen molar-refractivity contribution in [3.63, 3.8) is 0 Å². The van der Waals surface area contributed by atoms with Crippen LogP contribution >= 0.6 is 0 Å². The minimum absolute atomic E-state index is 0.400. The summed E-state index contributed by atoms with van der Waals surface area (Å²) < 4.78 is 5.46. The van der Waals surface area contributed by atoms with Crippen LogP contribution in [0.1, 0.15) is 46.5 Å². The summed E-state index contributed by atoms with van der Waals surface area (Å²) in [6.07, 6.45) is 5.31. The zero-order valence-electron chi connectivity index (χ0n) is 11.8. The van der Waals surface area contributed by atoms with Crippen molar-refractivity contribution in [2.45, 2.75) is 52.5 Å². The summed E-state index contributed by atoms with van der Waals surface area (Å²) in [7, 11) is 0. The standard InChI is InChI=1S/C16H25NO/c1-4-18-14-10-8-13(9-11-14)17-15-7-5-6-12-16(15,2)3/h8-11,15,17H,4-7,12H2,1-3H3. The van der Waals surface area contributed by atoms with Gasteiger partial charge in [-0.25, -0.2) is 0 Å². The predicted molar refractivity (Wildman–Crippen MR) is 77.3 cm³/mol. The minimum Gasteiger partial charge on any atom is -0.494 e. The largest absolute Gasteiger partial charge is 0.494 e. The lowest BCUT2D eigenvalue weighted by atomic mass is 9.73. The van der Waals surface area contributed by atoms with Crippen LogP contribution in [-0.4, -0.2) is 12.6 Å². The van der Waals surface area contributed by atoms with Gasteiger partial charge in [0.25, 0.3) is 0 Å². The molecular formula is C16H25NO. The van der Waals surface area contributed by atoms with Crippen molar-refractivity contribution in [3.05, 3.63) is 24.3 Å². The van der Waals surface area contributed by atoms with E-state index in [-0.39, 0.29) is 0 Å². The molecule has 18 heavy (non-hydrogen) atoms. The highest BCUT2D eigenvalue weighted by Crippen LogP contribution is 2.37. The van der Waals surface area contributed by atoms with E-state index in [0.29, 0.717) is 11.5 Å². The fraction of sp³-hybridized carbons (Fsp3) is 0.625. The summed E-state index contributed by atoms with van der Waals surface area (Å²) in [5, 5.41) is 3.68. The average molecular weight is 247 g/mol. The zero-order valence-corrected chi connectivity index (χ0v) is 11.8. The highest BCUT2D eigenvalue weighted by atomic mass is 16.5. The molecule has 1 saturated carbocycles. The molecule has 1 N–H and O–H groups in total.